The minimum atomic E-state index is -0.717. The first-order valence-corrected chi connectivity index (χ1v) is 7.89. The molecular formula is C17H20N6O3. The standard InChI is InChI=1S/C17H20N6O3/c1-17(2,3)26-16(25)23-13-6-5-11(8-10(13)4-7-14(23)24)21-22-12(9-18)15(19)20/h5-6,8,21H,4,7H2,1-3H3,(H3,19,20)/b22-12+. The minimum Gasteiger partial charge on any atom is -0.443 e. The van der Waals surface area contributed by atoms with Gasteiger partial charge in [-0.3, -0.25) is 15.6 Å². The number of hydrogen-bond acceptors (Lipinski definition) is 7. The summed E-state index contributed by atoms with van der Waals surface area (Å²) in [6, 6.07) is 6.64. The van der Waals surface area contributed by atoms with Crippen molar-refractivity contribution in [1.29, 1.82) is 10.7 Å². The molecule has 0 aliphatic carbocycles. The first-order chi connectivity index (χ1) is 12.1. The number of ether oxygens (including phenoxy) is 1. The summed E-state index contributed by atoms with van der Waals surface area (Å²) in [5.41, 5.74) is 8.68. The molecule has 0 bridgehead atoms. The van der Waals surface area contributed by atoms with E-state index in [1.54, 1.807) is 45.0 Å². The number of benzene rings is 1. The van der Waals surface area contributed by atoms with Crippen LogP contribution in [0.25, 0.3) is 0 Å². The van der Waals surface area contributed by atoms with Crippen molar-refractivity contribution in [2.24, 2.45) is 10.8 Å². The monoisotopic (exact) mass is 356 g/mol. The Morgan fingerprint density at radius 3 is 2.69 bits per heavy atom. The molecule has 26 heavy (non-hydrogen) atoms. The van der Waals surface area contributed by atoms with Gasteiger partial charge >= 0.3 is 6.09 Å². The van der Waals surface area contributed by atoms with Gasteiger partial charge in [0.25, 0.3) is 0 Å². The van der Waals surface area contributed by atoms with E-state index < -0.39 is 17.5 Å². The van der Waals surface area contributed by atoms with Gasteiger partial charge in [0.05, 0.1) is 11.4 Å². The summed E-state index contributed by atoms with van der Waals surface area (Å²) in [7, 11) is 0. The molecule has 2 amide bonds. The van der Waals surface area contributed by atoms with Crippen LogP contribution >= 0.6 is 0 Å². The molecule has 0 unspecified atom stereocenters. The van der Waals surface area contributed by atoms with Crippen molar-refractivity contribution in [2.75, 3.05) is 10.3 Å². The summed E-state index contributed by atoms with van der Waals surface area (Å²) in [5, 5.41) is 19.8. The van der Waals surface area contributed by atoms with Crippen LogP contribution in [0.15, 0.2) is 23.3 Å². The summed E-state index contributed by atoms with van der Waals surface area (Å²) in [4.78, 5) is 25.6. The molecule has 1 heterocycles. The van der Waals surface area contributed by atoms with Crippen molar-refractivity contribution in [2.45, 2.75) is 39.2 Å². The average Bonchev–Trinajstić information content (AvgIpc) is 2.53. The maximum atomic E-state index is 12.4. The van der Waals surface area contributed by atoms with Crippen molar-refractivity contribution in [3.8, 4) is 6.07 Å². The SMILES string of the molecule is CC(C)(C)OC(=O)N1C(=O)CCc2cc(N/N=C(\C#N)C(=N)N)ccc21. The van der Waals surface area contributed by atoms with Crippen LogP contribution in [0.4, 0.5) is 16.2 Å². The number of hydrazone groups is 1. The molecule has 4 N–H and O–H groups in total. The molecule has 0 saturated heterocycles. The topological polar surface area (TPSA) is 145 Å². The molecule has 1 aromatic rings. The molecular weight excluding hydrogens is 336 g/mol. The van der Waals surface area contributed by atoms with Gasteiger partial charge in [0.1, 0.15) is 11.7 Å². The highest BCUT2D eigenvalue weighted by Gasteiger charge is 2.33. The van der Waals surface area contributed by atoms with E-state index in [1.165, 1.54) is 0 Å². The molecule has 1 aliphatic heterocycles. The Bertz CT molecular complexity index is 832. The molecule has 1 aliphatic rings. The molecule has 0 fully saturated rings. The molecule has 2 rings (SSSR count). The molecule has 9 heteroatoms. The van der Waals surface area contributed by atoms with Gasteiger partial charge in [0.15, 0.2) is 5.84 Å². The van der Waals surface area contributed by atoms with E-state index in [2.05, 4.69) is 10.5 Å². The predicted octanol–water partition coefficient (Wildman–Crippen LogP) is 2.13. The second-order valence-electron chi connectivity index (χ2n) is 6.65. The lowest BCUT2D eigenvalue weighted by Crippen LogP contribution is -2.43. The van der Waals surface area contributed by atoms with Gasteiger partial charge in [-0.1, -0.05) is 0 Å². The van der Waals surface area contributed by atoms with Crippen molar-refractivity contribution in [1.82, 2.24) is 0 Å². The number of nitrogens with one attached hydrogen (secondary N) is 2. The summed E-state index contributed by atoms with van der Waals surface area (Å²) in [6.45, 7) is 5.19. The molecule has 0 radical (unpaired) electrons. The van der Waals surface area contributed by atoms with Crippen LogP contribution in [0, 0.1) is 16.7 Å². The van der Waals surface area contributed by atoms with Crippen LogP contribution in [0.5, 0.6) is 0 Å². The van der Waals surface area contributed by atoms with Gasteiger partial charge in [-0.15, -0.1) is 0 Å². The van der Waals surface area contributed by atoms with Gasteiger partial charge in [-0.2, -0.15) is 10.4 Å². The number of nitrogens with two attached hydrogens (primary N) is 1. The number of imide groups is 1. The summed E-state index contributed by atoms with van der Waals surface area (Å²) >= 11 is 0. The number of carbonyl (C=O) groups is 2. The van der Waals surface area contributed by atoms with E-state index in [0.717, 1.165) is 10.5 Å². The number of aryl methyl sites for hydroxylation is 1. The number of rotatable bonds is 3. The third-order valence-electron chi connectivity index (χ3n) is 3.41. The lowest BCUT2D eigenvalue weighted by molar-refractivity contribution is -0.118. The molecule has 9 nitrogen and oxygen atoms in total. The predicted molar refractivity (Wildman–Crippen MR) is 97.1 cm³/mol. The van der Waals surface area contributed by atoms with Crippen molar-refractivity contribution in [3.63, 3.8) is 0 Å². The number of amidine groups is 1. The summed E-state index contributed by atoms with van der Waals surface area (Å²) < 4.78 is 5.31. The second-order valence-corrected chi connectivity index (χ2v) is 6.65. The quantitative estimate of drug-likeness (QED) is 0.430. The largest absolute Gasteiger partial charge is 0.443 e. The van der Waals surface area contributed by atoms with E-state index >= 15 is 0 Å². The number of carbonyl (C=O) groups excluding carboxylic acids is 2. The van der Waals surface area contributed by atoms with Crippen molar-refractivity contribution < 1.29 is 14.3 Å². The fourth-order valence-corrected chi connectivity index (χ4v) is 2.33. The van der Waals surface area contributed by atoms with Crippen LogP contribution in [-0.4, -0.2) is 29.1 Å². The van der Waals surface area contributed by atoms with E-state index in [1.807, 2.05) is 0 Å². The molecule has 0 atom stereocenters. The Morgan fingerprint density at radius 1 is 1.42 bits per heavy atom. The number of amides is 2. The summed E-state index contributed by atoms with van der Waals surface area (Å²) in [5.74, 6) is -0.770. The van der Waals surface area contributed by atoms with Crippen LogP contribution in [-0.2, 0) is 16.0 Å². The maximum absolute atomic E-state index is 12.4. The third-order valence-corrected chi connectivity index (χ3v) is 3.41. The highest BCUT2D eigenvalue weighted by Crippen LogP contribution is 2.31. The molecule has 0 saturated carbocycles. The molecule has 136 valence electrons. The number of nitrogens with zero attached hydrogens (tertiary/aromatic N) is 3. The highest BCUT2D eigenvalue weighted by atomic mass is 16.6. The molecule has 1 aromatic carbocycles. The Morgan fingerprint density at radius 2 is 2.12 bits per heavy atom. The Hall–Kier alpha value is -3.41. The Kier molecular flexibility index (Phi) is 5.26. The van der Waals surface area contributed by atoms with Gasteiger partial charge in [0, 0.05) is 6.42 Å². The highest BCUT2D eigenvalue weighted by molar-refractivity contribution is 6.45. The zero-order chi connectivity index (χ0) is 19.5. The normalized spacial score (nSPS) is 14.3. The first kappa shape index (κ1) is 18.9. The number of anilines is 2. The number of nitriles is 1. The Labute approximate surface area is 150 Å². The average molecular weight is 356 g/mol. The molecule has 0 aromatic heterocycles. The van der Waals surface area contributed by atoms with Gasteiger partial charge in [-0.05, 0) is 51.0 Å². The minimum absolute atomic E-state index is 0.176. The van der Waals surface area contributed by atoms with Crippen LogP contribution in [0.3, 0.4) is 0 Å². The Balaban J connectivity index is 2.29. The van der Waals surface area contributed by atoms with Gasteiger partial charge < -0.3 is 10.5 Å². The number of fused-ring (bicyclic) bond motifs is 1. The lowest BCUT2D eigenvalue weighted by atomic mass is 10.0. The smallest absolute Gasteiger partial charge is 0.421 e. The van der Waals surface area contributed by atoms with E-state index in [0.29, 0.717) is 17.8 Å². The number of hydrogen-bond donors (Lipinski definition) is 3. The van der Waals surface area contributed by atoms with Crippen LogP contribution in [0.2, 0.25) is 0 Å². The zero-order valence-corrected chi connectivity index (χ0v) is 14.8. The van der Waals surface area contributed by atoms with Crippen LogP contribution < -0.4 is 16.1 Å². The fourth-order valence-electron chi connectivity index (χ4n) is 2.33. The van der Waals surface area contributed by atoms with E-state index in [4.69, 9.17) is 21.1 Å². The third kappa shape index (κ3) is 4.36. The zero-order valence-electron chi connectivity index (χ0n) is 14.8. The van der Waals surface area contributed by atoms with E-state index in [-0.39, 0.29) is 18.0 Å². The fraction of sp³-hybridized carbons (Fsp3) is 0.353. The van der Waals surface area contributed by atoms with Gasteiger partial charge in [-0.25, -0.2) is 9.69 Å². The first-order valence-electron chi connectivity index (χ1n) is 7.89. The maximum Gasteiger partial charge on any atom is 0.421 e. The second kappa shape index (κ2) is 7.23. The summed E-state index contributed by atoms with van der Waals surface area (Å²) in [6.07, 6.45) is -0.0778. The van der Waals surface area contributed by atoms with Gasteiger partial charge in [0.2, 0.25) is 11.6 Å². The van der Waals surface area contributed by atoms with E-state index in [9.17, 15) is 9.59 Å². The van der Waals surface area contributed by atoms with Crippen molar-refractivity contribution in [3.05, 3.63) is 23.8 Å². The lowest BCUT2D eigenvalue weighted by Gasteiger charge is -2.30. The molecule has 0 spiro atoms. The van der Waals surface area contributed by atoms with Crippen molar-refractivity contribution >= 4 is 34.9 Å². The van der Waals surface area contributed by atoms with Crippen LogP contribution in [0.1, 0.15) is 32.8 Å².